The molecule has 12 heavy (non-hydrogen) atoms. The molecule has 0 fully saturated rings. The minimum absolute atomic E-state index is 0.250. The Morgan fingerprint density at radius 3 is 2.75 bits per heavy atom. The molecular formula is C7H12N4O. The average molecular weight is 168 g/mol. The lowest BCUT2D eigenvalue weighted by molar-refractivity contribution is 0.835. The number of anilines is 1. The van der Waals surface area contributed by atoms with Crippen LogP contribution in [-0.4, -0.2) is 21.2 Å². The first-order valence-electron chi connectivity index (χ1n) is 3.79. The predicted molar refractivity (Wildman–Crippen MR) is 46.1 cm³/mol. The summed E-state index contributed by atoms with van der Waals surface area (Å²) in [6.07, 6.45) is 0. The third kappa shape index (κ3) is 2.05. The quantitative estimate of drug-likeness (QED) is 0.666. The molecule has 0 aliphatic carbocycles. The molecule has 1 rings (SSSR count). The van der Waals surface area contributed by atoms with Crippen LogP contribution in [0.2, 0.25) is 0 Å². The summed E-state index contributed by atoms with van der Waals surface area (Å²) in [4.78, 5) is 14.5. The van der Waals surface area contributed by atoms with Crippen LogP contribution in [-0.2, 0) is 0 Å². The van der Waals surface area contributed by atoms with Crippen LogP contribution in [0.5, 0.6) is 0 Å². The molecule has 0 radical (unpaired) electrons. The highest BCUT2D eigenvalue weighted by atomic mass is 16.1. The van der Waals surface area contributed by atoms with Crippen molar-refractivity contribution in [3.63, 3.8) is 0 Å². The minimum Gasteiger partial charge on any atom is -0.366 e. The summed E-state index contributed by atoms with van der Waals surface area (Å²) in [5.74, 6) is 0.550. The van der Waals surface area contributed by atoms with E-state index in [9.17, 15) is 4.79 Å². The molecule has 0 saturated carbocycles. The first-order chi connectivity index (χ1) is 5.59. The lowest BCUT2D eigenvalue weighted by Crippen LogP contribution is -2.20. The molecule has 5 heteroatoms. The Morgan fingerprint density at radius 2 is 2.17 bits per heavy atom. The third-order valence-electron chi connectivity index (χ3n) is 1.30. The molecule has 0 atom stereocenters. The Kier molecular flexibility index (Phi) is 2.42. The van der Waals surface area contributed by atoms with Crippen molar-refractivity contribution in [3.8, 4) is 0 Å². The Bertz CT molecular complexity index is 317. The van der Waals surface area contributed by atoms with Crippen molar-refractivity contribution < 1.29 is 0 Å². The molecule has 0 aromatic carbocycles. The second-order valence-corrected chi connectivity index (χ2v) is 2.87. The number of aromatic nitrogens is 3. The van der Waals surface area contributed by atoms with Gasteiger partial charge in [-0.05, 0) is 20.8 Å². The number of hydrogen-bond donors (Lipinski definition) is 2. The van der Waals surface area contributed by atoms with Gasteiger partial charge in [-0.3, -0.25) is 0 Å². The maximum Gasteiger partial charge on any atom is 0.363 e. The molecule has 1 heterocycles. The number of H-pyrrole nitrogens is 1. The van der Waals surface area contributed by atoms with E-state index >= 15 is 0 Å². The van der Waals surface area contributed by atoms with Gasteiger partial charge in [0, 0.05) is 6.04 Å². The first-order valence-corrected chi connectivity index (χ1v) is 3.79. The summed E-state index contributed by atoms with van der Waals surface area (Å²) in [7, 11) is 0. The molecule has 0 bridgehead atoms. The summed E-state index contributed by atoms with van der Waals surface area (Å²) in [5.41, 5.74) is 0.270. The fourth-order valence-electron chi connectivity index (χ4n) is 0.802. The van der Waals surface area contributed by atoms with E-state index in [4.69, 9.17) is 0 Å². The van der Waals surface area contributed by atoms with Gasteiger partial charge in [0.2, 0.25) is 0 Å². The summed E-state index contributed by atoms with van der Waals surface area (Å²) in [6, 6.07) is 0.250. The number of nitrogens with one attached hydrogen (secondary N) is 2. The zero-order valence-corrected chi connectivity index (χ0v) is 7.38. The van der Waals surface area contributed by atoms with Crippen molar-refractivity contribution in [2.45, 2.75) is 26.8 Å². The van der Waals surface area contributed by atoms with E-state index in [0.29, 0.717) is 11.5 Å². The monoisotopic (exact) mass is 168 g/mol. The van der Waals surface area contributed by atoms with E-state index in [1.165, 1.54) is 0 Å². The van der Waals surface area contributed by atoms with Crippen LogP contribution in [0.15, 0.2) is 4.79 Å². The van der Waals surface area contributed by atoms with Gasteiger partial charge in [-0.25, -0.2) is 9.89 Å². The summed E-state index contributed by atoms with van der Waals surface area (Å²) >= 11 is 0. The van der Waals surface area contributed by atoms with Crippen LogP contribution >= 0.6 is 0 Å². The Labute approximate surface area is 70.2 Å². The van der Waals surface area contributed by atoms with Gasteiger partial charge in [0.25, 0.3) is 0 Å². The van der Waals surface area contributed by atoms with Crippen LogP contribution in [0, 0.1) is 6.92 Å². The van der Waals surface area contributed by atoms with Gasteiger partial charge < -0.3 is 5.32 Å². The maximum atomic E-state index is 10.8. The molecule has 0 amide bonds. The fraction of sp³-hybridized carbons (Fsp3) is 0.571. The highest BCUT2D eigenvalue weighted by Crippen LogP contribution is 2.04. The van der Waals surface area contributed by atoms with E-state index in [2.05, 4.69) is 20.5 Å². The zero-order chi connectivity index (χ0) is 9.14. The number of hydrogen-bond acceptors (Lipinski definition) is 4. The number of aromatic amines is 1. The van der Waals surface area contributed by atoms with Gasteiger partial charge in [-0.15, -0.1) is 0 Å². The Hall–Kier alpha value is -1.39. The molecule has 1 aromatic rings. The van der Waals surface area contributed by atoms with Crippen LogP contribution < -0.4 is 11.0 Å². The second-order valence-electron chi connectivity index (χ2n) is 2.87. The number of aryl methyl sites for hydroxylation is 1. The SMILES string of the molecule is Cc1n[nH]c(=O)nc1NC(C)C. The van der Waals surface area contributed by atoms with Crippen molar-refractivity contribution in [2.24, 2.45) is 0 Å². The standard InChI is InChI=1S/C7H12N4O/c1-4(2)8-6-5(3)10-11-7(12)9-6/h4H,1-3H3,(H2,8,9,11,12). The fourth-order valence-corrected chi connectivity index (χ4v) is 0.802. The van der Waals surface area contributed by atoms with Crippen molar-refractivity contribution in [1.29, 1.82) is 0 Å². The smallest absolute Gasteiger partial charge is 0.363 e. The molecule has 1 aromatic heterocycles. The van der Waals surface area contributed by atoms with Crippen molar-refractivity contribution in [1.82, 2.24) is 15.2 Å². The highest BCUT2D eigenvalue weighted by Gasteiger charge is 2.02. The van der Waals surface area contributed by atoms with Gasteiger partial charge in [0.05, 0.1) is 0 Å². The van der Waals surface area contributed by atoms with Crippen LogP contribution in [0.4, 0.5) is 5.82 Å². The normalized spacial score (nSPS) is 10.3. The molecular weight excluding hydrogens is 156 g/mol. The van der Waals surface area contributed by atoms with Crippen LogP contribution in [0.25, 0.3) is 0 Å². The summed E-state index contributed by atoms with van der Waals surface area (Å²) < 4.78 is 0. The first kappa shape index (κ1) is 8.70. The summed E-state index contributed by atoms with van der Waals surface area (Å²) in [5, 5.41) is 9.05. The van der Waals surface area contributed by atoms with Crippen LogP contribution in [0.3, 0.4) is 0 Å². The molecule has 0 aliphatic rings. The number of rotatable bonds is 2. The van der Waals surface area contributed by atoms with Crippen molar-refractivity contribution in [2.75, 3.05) is 5.32 Å². The lowest BCUT2D eigenvalue weighted by atomic mass is 10.3. The van der Waals surface area contributed by atoms with E-state index in [1.54, 1.807) is 6.92 Å². The summed E-state index contributed by atoms with van der Waals surface area (Å²) in [6.45, 7) is 5.73. The van der Waals surface area contributed by atoms with Gasteiger partial charge in [-0.1, -0.05) is 0 Å². The molecule has 0 aliphatic heterocycles. The topological polar surface area (TPSA) is 70.7 Å². The second kappa shape index (κ2) is 3.34. The highest BCUT2D eigenvalue weighted by molar-refractivity contribution is 5.37. The van der Waals surface area contributed by atoms with E-state index < -0.39 is 5.69 Å². The minimum atomic E-state index is -0.427. The van der Waals surface area contributed by atoms with E-state index in [-0.39, 0.29) is 6.04 Å². The van der Waals surface area contributed by atoms with E-state index in [1.807, 2.05) is 13.8 Å². The van der Waals surface area contributed by atoms with Crippen molar-refractivity contribution in [3.05, 3.63) is 16.2 Å². The molecule has 66 valence electrons. The molecule has 0 unspecified atom stereocenters. The van der Waals surface area contributed by atoms with E-state index in [0.717, 1.165) is 0 Å². The Balaban J connectivity index is 2.97. The molecule has 2 N–H and O–H groups in total. The third-order valence-corrected chi connectivity index (χ3v) is 1.30. The van der Waals surface area contributed by atoms with Gasteiger partial charge >= 0.3 is 5.69 Å². The predicted octanol–water partition coefficient (Wildman–Crippen LogP) is 0.294. The molecule has 0 spiro atoms. The number of nitrogens with zero attached hydrogens (tertiary/aromatic N) is 2. The average Bonchev–Trinajstić information content (AvgIpc) is 1.96. The molecule has 0 saturated heterocycles. The Morgan fingerprint density at radius 1 is 1.50 bits per heavy atom. The van der Waals surface area contributed by atoms with Gasteiger partial charge in [-0.2, -0.15) is 10.1 Å². The molecule has 5 nitrogen and oxygen atoms in total. The lowest BCUT2D eigenvalue weighted by Gasteiger charge is -2.08. The largest absolute Gasteiger partial charge is 0.366 e. The van der Waals surface area contributed by atoms with Crippen molar-refractivity contribution >= 4 is 5.82 Å². The zero-order valence-electron chi connectivity index (χ0n) is 7.38. The maximum absolute atomic E-state index is 10.8. The van der Waals surface area contributed by atoms with Crippen LogP contribution in [0.1, 0.15) is 19.5 Å². The van der Waals surface area contributed by atoms with Gasteiger partial charge in [0.1, 0.15) is 5.69 Å². The van der Waals surface area contributed by atoms with Gasteiger partial charge in [0.15, 0.2) is 5.82 Å².